The molecular weight excluding hydrogens is 1370 g/mol. The molecule has 112 heavy (non-hydrogen) atoms. The molecule has 9 aromatic carbocycles. The highest BCUT2D eigenvalue weighted by molar-refractivity contribution is 6.35. The van der Waals surface area contributed by atoms with E-state index in [0.717, 1.165) is 93.0 Å². The Morgan fingerprint density at radius 2 is 0.339 bits per heavy atom. The van der Waals surface area contributed by atoms with Gasteiger partial charge in [-0.25, -0.2) is 0 Å². The number of rotatable bonds is 52. The zero-order valence-corrected chi connectivity index (χ0v) is 74.9. The summed E-state index contributed by atoms with van der Waals surface area (Å²) in [6.07, 6.45) is 41.0. The van der Waals surface area contributed by atoms with Gasteiger partial charge >= 0.3 is 0 Å². The van der Waals surface area contributed by atoms with Crippen LogP contribution < -0.4 is 18.9 Å². The quantitative estimate of drug-likeness (QED) is 0.0165. The fourth-order valence-corrected chi connectivity index (χ4v) is 18.1. The third-order valence-electron chi connectivity index (χ3n) is 23.8. The lowest BCUT2D eigenvalue weighted by atomic mass is 9.81. The minimum Gasteiger partial charge on any atom is -0.494 e. The van der Waals surface area contributed by atoms with Gasteiger partial charge in [0.2, 0.25) is 0 Å². The van der Waals surface area contributed by atoms with Gasteiger partial charge in [-0.1, -0.05) is 128 Å². The minimum absolute atomic E-state index is 0.745. The molecule has 0 amide bonds. The van der Waals surface area contributed by atoms with Crippen molar-refractivity contribution in [3.8, 4) is 67.5 Å². The molecule has 0 bridgehead atoms. The highest BCUT2D eigenvalue weighted by Crippen LogP contribution is 2.50. The van der Waals surface area contributed by atoms with Crippen LogP contribution in [0.1, 0.15) is 250 Å². The number of unbranched alkanes of at least 4 members (excludes halogenated alkanes) is 28. The van der Waals surface area contributed by atoms with Gasteiger partial charge in [-0.15, -0.1) is 0 Å². The van der Waals surface area contributed by atoms with Crippen molar-refractivity contribution in [2.45, 2.75) is 261 Å². The summed E-state index contributed by atoms with van der Waals surface area (Å²) in [5.41, 5.74) is 20.0. The second kappa shape index (κ2) is 42.8. The van der Waals surface area contributed by atoms with Gasteiger partial charge in [-0.05, 0) is 362 Å². The first-order valence-electron chi connectivity index (χ1n) is 44.8. The van der Waals surface area contributed by atoms with E-state index in [0.29, 0.717) is 0 Å². The second-order valence-corrected chi connectivity index (χ2v) is 38.8. The Hall–Kier alpha value is -6.68. The summed E-state index contributed by atoms with van der Waals surface area (Å²) in [5.74, 6) is 3.88. The van der Waals surface area contributed by atoms with E-state index in [4.69, 9.17) is 18.9 Å². The van der Waals surface area contributed by atoms with Crippen LogP contribution >= 0.6 is 0 Å². The zero-order chi connectivity index (χ0) is 80.6. The number of fused-ring (bicyclic) bond motifs is 2. The summed E-state index contributed by atoms with van der Waals surface area (Å²) in [4.78, 5) is 0. The predicted molar refractivity (Wildman–Crippen MR) is 489 cm³/mol. The van der Waals surface area contributed by atoms with E-state index in [-0.39, 0.29) is 0 Å². The molecule has 0 spiro atoms. The molecule has 0 saturated heterocycles. The first-order chi connectivity index (χ1) is 53.4. The molecule has 0 unspecified atom stereocenters. The normalized spacial score (nSPS) is 12.5. The average Bonchev–Trinajstić information content (AvgIpc) is 0.702. The van der Waals surface area contributed by atoms with Crippen LogP contribution in [0.2, 0.25) is 0 Å². The Labute approximate surface area is 683 Å². The van der Waals surface area contributed by atoms with Crippen LogP contribution in [0.5, 0.6) is 23.0 Å². The highest BCUT2D eigenvalue weighted by Gasteiger charge is 2.24. The van der Waals surface area contributed by atoms with Crippen molar-refractivity contribution in [2.75, 3.05) is 137 Å². The van der Waals surface area contributed by atoms with Gasteiger partial charge in [0, 0.05) is 0 Å². The Bertz CT molecular complexity index is 3770. The molecule has 0 saturated carbocycles. The van der Waals surface area contributed by atoms with E-state index in [1.165, 1.54) is 338 Å². The monoisotopic (exact) mass is 1530 g/mol. The third-order valence-corrected chi connectivity index (χ3v) is 23.8. The highest BCUT2D eigenvalue weighted by atomic mass is 16.5. The fourth-order valence-electron chi connectivity index (χ4n) is 18.1. The van der Waals surface area contributed by atoms with Crippen LogP contribution in [-0.2, 0) is 0 Å². The van der Waals surface area contributed by atoms with Gasteiger partial charge in [0.05, 0.1) is 137 Å². The van der Waals surface area contributed by atoms with Gasteiger partial charge in [0.15, 0.2) is 0 Å². The van der Waals surface area contributed by atoms with Crippen molar-refractivity contribution in [1.29, 1.82) is 0 Å². The van der Waals surface area contributed by atoms with Crippen LogP contribution in [0.15, 0.2) is 97.1 Å². The molecule has 8 nitrogen and oxygen atoms in total. The maximum Gasteiger partial charge on any atom is 0.119 e. The molecule has 0 heterocycles. The molecule has 9 aromatic rings. The van der Waals surface area contributed by atoms with Crippen LogP contribution in [0, 0.1) is 55.4 Å². The third kappa shape index (κ3) is 27.8. The van der Waals surface area contributed by atoms with E-state index in [1.807, 2.05) is 0 Å². The number of benzene rings is 9. The summed E-state index contributed by atoms with van der Waals surface area (Å²) >= 11 is 0. The summed E-state index contributed by atoms with van der Waals surface area (Å²) in [6.45, 7) is 26.4. The molecule has 0 fully saturated rings. The maximum absolute atomic E-state index is 6.65. The van der Waals surface area contributed by atoms with Crippen molar-refractivity contribution in [2.24, 2.45) is 0 Å². The number of hydrogen-bond acceptors (Lipinski definition) is 4. The largest absolute Gasteiger partial charge is 0.494 e. The van der Waals surface area contributed by atoms with Crippen molar-refractivity contribution >= 4 is 43.1 Å². The Morgan fingerprint density at radius 3 is 0.500 bits per heavy atom. The van der Waals surface area contributed by atoms with Gasteiger partial charge in [-0.3, -0.25) is 0 Å². The average molecular weight is 1530 g/mol. The van der Waals surface area contributed by atoms with E-state index in [2.05, 4.69) is 237 Å². The lowest BCUT2D eigenvalue weighted by molar-refractivity contribution is -0.870. The summed E-state index contributed by atoms with van der Waals surface area (Å²) in [7, 11) is 27.6. The Balaban J connectivity index is 1.07. The number of aryl methyl sites for hydroxylation is 8. The van der Waals surface area contributed by atoms with Crippen LogP contribution in [0.3, 0.4) is 0 Å². The second-order valence-electron chi connectivity index (χ2n) is 38.8. The molecule has 0 atom stereocenters. The molecule has 612 valence electrons. The SMILES string of the molecule is Cc1cc(OCCCCCCCCCC[N+](C)(C)C)cc(C)c1-c1cc2cc(-c3c(C)cc(OCCCCCCCCCC[N+](C)(C)C)cc3C)cc3c4cc(-c5c(C)cc(OCCCCCCCCCC[N+](C)(C)C)cc5C)cc5cc(-c6c(C)cc(OCCCCCCCCCC[N+](C)(C)C)cc6C)cc(c(c1)c23)c54. The molecule has 8 heteroatoms. The van der Waals surface area contributed by atoms with Crippen LogP contribution in [0.25, 0.3) is 87.6 Å². The molecule has 0 aliphatic rings. The lowest BCUT2D eigenvalue weighted by Gasteiger charge is -2.23. The predicted octanol–water partition coefficient (Wildman–Crippen LogP) is 27.7. The Morgan fingerprint density at radius 1 is 0.188 bits per heavy atom. The number of ether oxygens (including phenoxy) is 4. The molecule has 0 aliphatic carbocycles. The topological polar surface area (TPSA) is 36.9 Å². The molecule has 9 rings (SSSR count). The first kappa shape index (κ1) is 89.3. The van der Waals surface area contributed by atoms with Crippen molar-refractivity contribution < 1.29 is 36.9 Å². The lowest BCUT2D eigenvalue weighted by Crippen LogP contribution is -2.35. The summed E-state index contributed by atoms with van der Waals surface area (Å²) in [5, 5.41) is 10.3. The molecule has 0 aliphatic heterocycles. The van der Waals surface area contributed by atoms with Crippen LogP contribution in [0.4, 0.5) is 0 Å². The maximum atomic E-state index is 6.65. The molecule has 0 radical (unpaired) electrons. The Kier molecular flexibility index (Phi) is 34.1. The van der Waals surface area contributed by atoms with Crippen molar-refractivity contribution in [1.82, 2.24) is 0 Å². The first-order valence-corrected chi connectivity index (χ1v) is 44.8. The summed E-state index contributed by atoms with van der Waals surface area (Å²) < 4.78 is 30.8. The van der Waals surface area contributed by atoms with Crippen LogP contribution in [-0.4, -0.2) is 155 Å². The number of hydrogen-bond donors (Lipinski definition) is 0. The fraction of sp³-hybridized carbons (Fsp3) is 0.577. The van der Waals surface area contributed by atoms with E-state index in [1.54, 1.807) is 0 Å². The van der Waals surface area contributed by atoms with Crippen molar-refractivity contribution in [3.63, 3.8) is 0 Å². The minimum atomic E-state index is 0.745. The number of nitrogens with zero attached hydrogens (tertiary/aromatic N) is 4. The number of quaternary nitrogens is 4. The van der Waals surface area contributed by atoms with Gasteiger partial charge < -0.3 is 36.9 Å². The van der Waals surface area contributed by atoms with E-state index < -0.39 is 0 Å². The van der Waals surface area contributed by atoms with Gasteiger partial charge in [0.25, 0.3) is 0 Å². The zero-order valence-electron chi connectivity index (χ0n) is 74.9. The molecule has 0 aromatic heterocycles. The smallest absolute Gasteiger partial charge is 0.119 e. The van der Waals surface area contributed by atoms with E-state index >= 15 is 0 Å². The standard InChI is InChI=1S/C104H156N4O4/c1-77-61-91(109-57-49-41-33-25-21-29-37-45-53-105(9,10)11)62-78(2)99(77)87-69-85-70-88(100-79(3)63-92(64-80(100)4)110-58-50-42-34-26-22-30-38-46-54-106(12,13)14)75-97-98-76-90(102-83(7)67-94(68-84(102)8)112-60-52-44-36-28-24-32-40-48-56-108(18,19)20)72-86-71-89(74-96(104(86)98)95(73-87)103(85)97)101-81(5)65-93(66-82(101)6)111-59-51-43-35-27-23-31-39-47-55-107(15,16)17/h61-76H,21-60H2,1-20H3/q+4. The summed E-state index contributed by atoms with van der Waals surface area (Å²) in [6, 6.07) is 38.7. The van der Waals surface area contributed by atoms with Crippen molar-refractivity contribution in [3.05, 3.63) is 142 Å². The molecule has 0 N–H and O–H groups in total. The van der Waals surface area contributed by atoms with Gasteiger partial charge in [0.1, 0.15) is 23.0 Å². The van der Waals surface area contributed by atoms with Gasteiger partial charge in [-0.2, -0.15) is 0 Å². The molecular formula is C104H156N4O4+4. The van der Waals surface area contributed by atoms with E-state index in [9.17, 15) is 0 Å².